The molecule has 1 saturated heterocycles. The molecule has 6 nitrogen and oxygen atoms in total. The third-order valence-electron chi connectivity index (χ3n) is 3.63. The van der Waals surface area contributed by atoms with Crippen LogP contribution in [0.5, 0.6) is 0 Å². The average Bonchev–Trinajstić information content (AvgIpc) is 2.45. The van der Waals surface area contributed by atoms with Crippen molar-refractivity contribution in [3.8, 4) is 0 Å². The van der Waals surface area contributed by atoms with Crippen molar-refractivity contribution in [2.75, 3.05) is 46.4 Å². The Morgan fingerprint density at radius 3 is 2.71 bits per heavy atom. The van der Waals surface area contributed by atoms with E-state index in [4.69, 9.17) is 4.74 Å². The number of rotatable bonds is 9. The summed E-state index contributed by atoms with van der Waals surface area (Å²) in [7, 11) is 1.99. The summed E-state index contributed by atoms with van der Waals surface area (Å²) in [5.74, 6) is 0.512. The van der Waals surface area contributed by atoms with Crippen LogP contribution in [0.3, 0.4) is 0 Å². The van der Waals surface area contributed by atoms with Gasteiger partial charge in [0.05, 0.1) is 13.2 Å². The molecule has 0 atom stereocenters. The number of esters is 1. The molecule has 1 aliphatic heterocycles. The highest BCUT2D eigenvalue weighted by molar-refractivity contribution is 5.78. The molecule has 1 amide bonds. The lowest BCUT2D eigenvalue weighted by Gasteiger charge is -2.27. The van der Waals surface area contributed by atoms with E-state index in [-0.39, 0.29) is 11.9 Å². The monoisotopic (exact) mass is 299 g/mol. The molecule has 0 radical (unpaired) electrons. The molecular formula is C15H29N3O3. The van der Waals surface area contributed by atoms with Crippen molar-refractivity contribution in [2.45, 2.75) is 32.6 Å². The first-order chi connectivity index (χ1) is 10.1. The Labute approximate surface area is 127 Å². The zero-order chi connectivity index (χ0) is 15.5. The van der Waals surface area contributed by atoms with Crippen LogP contribution in [0.25, 0.3) is 0 Å². The Kier molecular flexibility index (Phi) is 9.01. The molecule has 1 aliphatic rings. The molecule has 0 aromatic heterocycles. The van der Waals surface area contributed by atoms with Gasteiger partial charge >= 0.3 is 5.97 Å². The molecule has 0 aliphatic carbocycles. The molecule has 0 saturated carbocycles. The maximum atomic E-state index is 11.8. The maximum Gasteiger partial charge on any atom is 0.305 e. The lowest BCUT2D eigenvalue weighted by atomic mass is 9.98. The minimum absolute atomic E-state index is 0.0234. The quantitative estimate of drug-likeness (QED) is 0.476. The van der Waals surface area contributed by atoms with Crippen LogP contribution >= 0.6 is 0 Å². The van der Waals surface area contributed by atoms with E-state index in [0.717, 1.165) is 19.6 Å². The highest BCUT2D eigenvalue weighted by Gasteiger charge is 2.16. The molecule has 6 heteroatoms. The number of hydrogen-bond acceptors (Lipinski definition) is 5. The summed E-state index contributed by atoms with van der Waals surface area (Å²) in [4.78, 5) is 25.0. The first kappa shape index (κ1) is 17.9. The van der Waals surface area contributed by atoms with Crippen LogP contribution in [0, 0.1) is 5.92 Å². The number of carbonyl (C=O) groups is 2. The Bertz CT molecular complexity index is 317. The van der Waals surface area contributed by atoms with Crippen molar-refractivity contribution in [3.63, 3.8) is 0 Å². The molecule has 0 aromatic rings. The van der Waals surface area contributed by atoms with Crippen molar-refractivity contribution < 1.29 is 14.3 Å². The van der Waals surface area contributed by atoms with Gasteiger partial charge in [-0.3, -0.25) is 14.5 Å². The van der Waals surface area contributed by atoms with Gasteiger partial charge in [0.15, 0.2) is 0 Å². The van der Waals surface area contributed by atoms with Crippen LogP contribution in [0.2, 0.25) is 0 Å². The van der Waals surface area contributed by atoms with Crippen molar-refractivity contribution in [1.82, 2.24) is 15.5 Å². The first-order valence-electron chi connectivity index (χ1n) is 7.93. The minimum Gasteiger partial charge on any atom is -0.466 e. The summed E-state index contributed by atoms with van der Waals surface area (Å²) < 4.78 is 4.83. The fourth-order valence-corrected chi connectivity index (χ4v) is 2.56. The van der Waals surface area contributed by atoms with Gasteiger partial charge in [0.2, 0.25) is 5.91 Å². The summed E-state index contributed by atoms with van der Waals surface area (Å²) in [5.41, 5.74) is 0. The molecule has 0 unspecified atom stereocenters. The molecule has 1 fully saturated rings. The van der Waals surface area contributed by atoms with Gasteiger partial charge in [-0.25, -0.2) is 0 Å². The number of hydrogen-bond donors (Lipinski definition) is 2. The third-order valence-corrected chi connectivity index (χ3v) is 3.63. The second kappa shape index (κ2) is 10.6. The van der Waals surface area contributed by atoms with Gasteiger partial charge in [-0.15, -0.1) is 0 Å². The second-order valence-electron chi connectivity index (χ2n) is 5.65. The zero-order valence-electron chi connectivity index (χ0n) is 13.3. The Balaban J connectivity index is 2.05. The van der Waals surface area contributed by atoms with Crippen LogP contribution in [-0.4, -0.2) is 63.2 Å². The van der Waals surface area contributed by atoms with Crippen molar-refractivity contribution in [1.29, 1.82) is 0 Å². The number of piperidine rings is 1. The van der Waals surface area contributed by atoms with Crippen LogP contribution < -0.4 is 10.6 Å². The van der Waals surface area contributed by atoms with Crippen LogP contribution in [0.4, 0.5) is 0 Å². The fourth-order valence-electron chi connectivity index (χ4n) is 2.56. The van der Waals surface area contributed by atoms with Crippen LogP contribution in [0.1, 0.15) is 32.6 Å². The molecule has 122 valence electrons. The Morgan fingerprint density at radius 1 is 1.33 bits per heavy atom. The normalized spacial score (nSPS) is 16.0. The number of likely N-dealkylation sites (N-methyl/N-ethyl adjacent to an activating group) is 1. The smallest absolute Gasteiger partial charge is 0.305 e. The number of nitrogens with zero attached hydrogens (tertiary/aromatic N) is 1. The van der Waals surface area contributed by atoms with E-state index in [0.29, 0.717) is 38.5 Å². The van der Waals surface area contributed by atoms with Crippen LogP contribution in [0.15, 0.2) is 0 Å². The lowest BCUT2D eigenvalue weighted by Crippen LogP contribution is -2.40. The highest BCUT2D eigenvalue weighted by Crippen LogP contribution is 2.12. The summed E-state index contributed by atoms with van der Waals surface area (Å²) in [6.07, 6.45) is 3.36. The van der Waals surface area contributed by atoms with E-state index in [9.17, 15) is 9.59 Å². The molecule has 0 bridgehead atoms. The SMILES string of the molecule is CCOC(=O)CCCNC(=O)CN(C)CC1CCNCC1. The van der Waals surface area contributed by atoms with E-state index in [1.54, 1.807) is 6.92 Å². The molecular weight excluding hydrogens is 270 g/mol. The predicted octanol–water partition coefficient (Wildman–Crippen LogP) is 0.377. The fraction of sp³-hybridized carbons (Fsp3) is 0.867. The number of carbonyl (C=O) groups excluding carboxylic acids is 2. The third kappa shape index (κ3) is 8.67. The van der Waals surface area contributed by atoms with Crippen molar-refractivity contribution >= 4 is 11.9 Å². The average molecular weight is 299 g/mol. The predicted molar refractivity (Wildman–Crippen MR) is 82.0 cm³/mol. The van der Waals surface area contributed by atoms with E-state index in [1.807, 2.05) is 7.05 Å². The van der Waals surface area contributed by atoms with E-state index < -0.39 is 0 Å². The molecule has 2 N–H and O–H groups in total. The first-order valence-corrected chi connectivity index (χ1v) is 7.93. The van der Waals surface area contributed by atoms with Gasteiger partial charge in [0.25, 0.3) is 0 Å². The van der Waals surface area contributed by atoms with Gasteiger partial charge < -0.3 is 15.4 Å². The largest absolute Gasteiger partial charge is 0.466 e. The molecule has 1 heterocycles. The summed E-state index contributed by atoms with van der Waals surface area (Å²) >= 11 is 0. The van der Waals surface area contributed by atoms with Gasteiger partial charge in [-0.05, 0) is 52.2 Å². The molecule has 0 spiro atoms. The maximum absolute atomic E-state index is 11.8. The number of ether oxygens (including phenoxy) is 1. The highest BCUT2D eigenvalue weighted by atomic mass is 16.5. The zero-order valence-corrected chi connectivity index (χ0v) is 13.3. The minimum atomic E-state index is -0.199. The van der Waals surface area contributed by atoms with E-state index in [1.165, 1.54) is 12.8 Å². The van der Waals surface area contributed by atoms with Gasteiger partial charge in [0.1, 0.15) is 0 Å². The van der Waals surface area contributed by atoms with Gasteiger partial charge in [-0.1, -0.05) is 0 Å². The Morgan fingerprint density at radius 2 is 2.05 bits per heavy atom. The topological polar surface area (TPSA) is 70.7 Å². The second-order valence-corrected chi connectivity index (χ2v) is 5.65. The summed E-state index contributed by atoms with van der Waals surface area (Å²) in [6, 6.07) is 0. The number of nitrogens with one attached hydrogen (secondary N) is 2. The van der Waals surface area contributed by atoms with Gasteiger partial charge in [-0.2, -0.15) is 0 Å². The van der Waals surface area contributed by atoms with E-state index in [2.05, 4.69) is 15.5 Å². The van der Waals surface area contributed by atoms with Crippen LogP contribution in [-0.2, 0) is 14.3 Å². The number of amides is 1. The standard InChI is InChI=1S/C15H29N3O3/c1-3-21-15(20)5-4-8-17-14(19)12-18(2)11-13-6-9-16-10-7-13/h13,16H,3-12H2,1-2H3,(H,17,19). The van der Waals surface area contributed by atoms with Gasteiger partial charge in [0, 0.05) is 19.5 Å². The van der Waals surface area contributed by atoms with E-state index >= 15 is 0 Å². The molecule has 21 heavy (non-hydrogen) atoms. The summed E-state index contributed by atoms with van der Waals surface area (Å²) in [6.45, 7) is 6.28. The summed E-state index contributed by atoms with van der Waals surface area (Å²) in [5, 5.41) is 6.19. The Hall–Kier alpha value is -1.14. The lowest BCUT2D eigenvalue weighted by molar-refractivity contribution is -0.143. The molecule has 1 rings (SSSR count). The van der Waals surface area contributed by atoms with Crippen molar-refractivity contribution in [2.24, 2.45) is 5.92 Å². The molecule has 0 aromatic carbocycles. The van der Waals surface area contributed by atoms with Crippen molar-refractivity contribution in [3.05, 3.63) is 0 Å².